The van der Waals surface area contributed by atoms with Crippen molar-refractivity contribution in [2.75, 3.05) is 30.8 Å². The van der Waals surface area contributed by atoms with E-state index in [1.54, 1.807) is 24.3 Å². The van der Waals surface area contributed by atoms with Gasteiger partial charge in [-0.05, 0) is 29.7 Å². The molecule has 3 aromatic carbocycles. The standard InChI is InChI=1S/C30H37N3O5S/c1-4-5-20-31-30(35)27(21-24-14-8-6-9-15-24)32(22-25-16-10-7-11-17-25)29(34)23-33(39(3,36)37)26-18-12-13-19-28(26)38-2/h6-19,27H,4-5,20-23H2,1-3H3,(H,31,35). The summed E-state index contributed by atoms with van der Waals surface area (Å²) in [6.07, 6.45) is 3.06. The van der Waals surface area contributed by atoms with Crippen LogP contribution in [0.25, 0.3) is 0 Å². The highest BCUT2D eigenvalue weighted by Gasteiger charge is 2.33. The van der Waals surface area contributed by atoms with E-state index < -0.39 is 28.5 Å². The van der Waals surface area contributed by atoms with Gasteiger partial charge in [-0.2, -0.15) is 0 Å². The zero-order valence-electron chi connectivity index (χ0n) is 22.7. The van der Waals surface area contributed by atoms with E-state index in [9.17, 15) is 18.0 Å². The summed E-state index contributed by atoms with van der Waals surface area (Å²) in [6.45, 7) is 2.18. The molecule has 0 aliphatic heterocycles. The minimum absolute atomic E-state index is 0.141. The third-order valence-corrected chi connectivity index (χ3v) is 7.46. The molecular weight excluding hydrogens is 514 g/mol. The maximum Gasteiger partial charge on any atom is 0.244 e. The lowest BCUT2D eigenvalue weighted by molar-refractivity contribution is -0.140. The number of carbonyl (C=O) groups is 2. The van der Waals surface area contributed by atoms with E-state index in [0.29, 0.717) is 12.3 Å². The molecule has 0 fully saturated rings. The van der Waals surface area contributed by atoms with Crippen LogP contribution in [0.3, 0.4) is 0 Å². The Kier molecular flexibility index (Phi) is 10.9. The van der Waals surface area contributed by atoms with Crippen molar-refractivity contribution in [2.24, 2.45) is 0 Å². The molecule has 1 N–H and O–H groups in total. The molecule has 9 heteroatoms. The van der Waals surface area contributed by atoms with Crippen LogP contribution in [0.15, 0.2) is 84.9 Å². The van der Waals surface area contributed by atoms with Crippen LogP contribution in [-0.2, 0) is 32.6 Å². The van der Waals surface area contributed by atoms with E-state index in [0.717, 1.165) is 34.5 Å². The number of methoxy groups -OCH3 is 1. The molecule has 0 saturated carbocycles. The molecule has 3 rings (SSSR count). The fourth-order valence-corrected chi connectivity index (χ4v) is 5.12. The number of hydrogen-bond acceptors (Lipinski definition) is 5. The first-order valence-electron chi connectivity index (χ1n) is 13.0. The minimum atomic E-state index is -3.87. The molecule has 1 atom stereocenters. The fraction of sp³-hybridized carbons (Fsp3) is 0.333. The summed E-state index contributed by atoms with van der Waals surface area (Å²) < 4.78 is 32.2. The average molecular weight is 552 g/mol. The molecule has 0 saturated heterocycles. The predicted molar refractivity (Wildman–Crippen MR) is 154 cm³/mol. The van der Waals surface area contributed by atoms with Crippen molar-refractivity contribution in [3.05, 3.63) is 96.1 Å². The number of para-hydroxylation sites is 2. The Bertz CT molecular complexity index is 1320. The Hall–Kier alpha value is -3.85. The molecule has 2 amide bonds. The molecular formula is C30H37N3O5S. The van der Waals surface area contributed by atoms with Gasteiger partial charge in [0.25, 0.3) is 0 Å². The van der Waals surface area contributed by atoms with Crippen molar-refractivity contribution in [1.29, 1.82) is 0 Å². The zero-order chi connectivity index (χ0) is 28.3. The minimum Gasteiger partial charge on any atom is -0.495 e. The van der Waals surface area contributed by atoms with Gasteiger partial charge in [0, 0.05) is 19.5 Å². The number of hydrogen-bond donors (Lipinski definition) is 1. The molecule has 0 aromatic heterocycles. The fourth-order valence-electron chi connectivity index (χ4n) is 4.27. The van der Waals surface area contributed by atoms with Crippen molar-refractivity contribution in [3.63, 3.8) is 0 Å². The lowest BCUT2D eigenvalue weighted by Gasteiger charge is -2.33. The highest BCUT2D eigenvalue weighted by Crippen LogP contribution is 2.29. The van der Waals surface area contributed by atoms with Gasteiger partial charge in [-0.25, -0.2) is 8.42 Å². The van der Waals surface area contributed by atoms with E-state index in [1.165, 1.54) is 12.0 Å². The first-order chi connectivity index (χ1) is 18.7. The summed E-state index contributed by atoms with van der Waals surface area (Å²) in [4.78, 5) is 29.1. The van der Waals surface area contributed by atoms with Crippen LogP contribution in [0, 0.1) is 0 Å². The third-order valence-electron chi connectivity index (χ3n) is 6.33. The number of ether oxygens (including phenoxy) is 1. The first-order valence-corrected chi connectivity index (χ1v) is 14.8. The van der Waals surface area contributed by atoms with Gasteiger partial charge in [-0.3, -0.25) is 13.9 Å². The van der Waals surface area contributed by atoms with Crippen LogP contribution < -0.4 is 14.4 Å². The Balaban J connectivity index is 2.03. The van der Waals surface area contributed by atoms with E-state index in [2.05, 4.69) is 5.32 Å². The predicted octanol–water partition coefficient (Wildman–Crippen LogP) is 4.02. The lowest BCUT2D eigenvalue weighted by Crippen LogP contribution is -2.53. The SMILES string of the molecule is CCCCNC(=O)C(Cc1ccccc1)N(Cc1ccccc1)C(=O)CN(c1ccccc1OC)S(C)(=O)=O. The van der Waals surface area contributed by atoms with Gasteiger partial charge in [0.2, 0.25) is 21.8 Å². The maximum atomic E-state index is 14.0. The van der Waals surface area contributed by atoms with Gasteiger partial charge >= 0.3 is 0 Å². The van der Waals surface area contributed by atoms with Crippen molar-refractivity contribution in [2.45, 2.75) is 38.8 Å². The molecule has 0 heterocycles. The Morgan fingerprint density at radius 1 is 0.897 bits per heavy atom. The molecule has 208 valence electrons. The van der Waals surface area contributed by atoms with Gasteiger partial charge < -0.3 is 15.0 Å². The Morgan fingerprint density at radius 2 is 1.49 bits per heavy atom. The summed E-state index contributed by atoms with van der Waals surface area (Å²) in [5, 5.41) is 2.97. The quantitative estimate of drug-likeness (QED) is 0.306. The van der Waals surface area contributed by atoms with Gasteiger partial charge in [-0.1, -0.05) is 86.1 Å². The number of benzene rings is 3. The number of amides is 2. The number of sulfonamides is 1. The van der Waals surface area contributed by atoms with Crippen molar-refractivity contribution in [3.8, 4) is 5.75 Å². The molecule has 0 bridgehead atoms. The second kappa shape index (κ2) is 14.3. The number of unbranched alkanes of at least 4 members (excludes halogenated alkanes) is 1. The maximum absolute atomic E-state index is 14.0. The second-order valence-corrected chi connectivity index (χ2v) is 11.2. The smallest absolute Gasteiger partial charge is 0.244 e. The van der Waals surface area contributed by atoms with Crippen molar-refractivity contribution in [1.82, 2.24) is 10.2 Å². The van der Waals surface area contributed by atoms with E-state index >= 15 is 0 Å². The van der Waals surface area contributed by atoms with E-state index in [4.69, 9.17) is 4.74 Å². The van der Waals surface area contributed by atoms with E-state index in [-0.39, 0.29) is 24.6 Å². The topological polar surface area (TPSA) is 96.0 Å². The first kappa shape index (κ1) is 29.7. The van der Waals surface area contributed by atoms with Crippen LogP contribution in [0.2, 0.25) is 0 Å². The molecule has 3 aromatic rings. The van der Waals surface area contributed by atoms with Crippen LogP contribution >= 0.6 is 0 Å². The molecule has 39 heavy (non-hydrogen) atoms. The zero-order valence-corrected chi connectivity index (χ0v) is 23.6. The van der Waals surface area contributed by atoms with Crippen LogP contribution in [-0.4, -0.2) is 57.6 Å². The highest BCUT2D eigenvalue weighted by molar-refractivity contribution is 7.92. The van der Waals surface area contributed by atoms with Crippen LogP contribution in [0.4, 0.5) is 5.69 Å². The summed E-state index contributed by atoms with van der Waals surface area (Å²) >= 11 is 0. The van der Waals surface area contributed by atoms with Gasteiger partial charge in [0.05, 0.1) is 19.1 Å². The Labute approximate surface area is 231 Å². The summed E-state index contributed by atoms with van der Waals surface area (Å²) in [7, 11) is -2.43. The van der Waals surface area contributed by atoms with Crippen LogP contribution in [0.5, 0.6) is 5.75 Å². The molecule has 0 radical (unpaired) electrons. The summed E-state index contributed by atoms with van der Waals surface area (Å²) in [6, 6.07) is 24.6. The number of rotatable bonds is 14. The molecule has 0 aliphatic rings. The number of carbonyl (C=O) groups excluding carboxylic acids is 2. The molecule has 0 aliphatic carbocycles. The van der Waals surface area contributed by atoms with Gasteiger partial charge in [0.1, 0.15) is 18.3 Å². The number of nitrogens with zero attached hydrogens (tertiary/aromatic N) is 2. The summed E-state index contributed by atoms with van der Waals surface area (Å²) in [5.41, 5.74) is 1.97. The van der Waals surface area contributed by atoms with Crippen molar-refractivity contribution >= 4 is 27.5 Å². The Morgan fingerprint density at radius 3 is 2.08 bits per heavy atom. The molecule has 0 spiro atoms. The summed E-state index contributed by atoms with van der Waals surface area (Å²) in [5.74, 6) is -0.454. The van der Waals surface area contributed by atoms with Crippen molar-refractivity contribution < 1.29 is 22.7 Å². The number of nitrogens with one attached hydrogen (secondary N) is 1. The molecule has 8 nitrogen and oxygen atoms in total. The highest BCUT2D eigenvalue weighted by atomic mass is 32.2. The average Bonchev–Trinajstić information content (AvgIpc) is 2.94. The normalized spacial score (nSPS) is 11.9. The largest absolute Gasteiger partial charge is 0.495 e. The van der Waals surface area contributed by atoms with E-state index in [1.807, 2.05) is 67.6 Å². The number of anilines is 1. The lowest BCUT2D eigenvalue weighted by atomic mass is 10.0. The monoisotopic (exact) mass is 551 g/mol. The third kappa shape index (κ3) is 8.58. The molecule has 1 unspecified atom stereocenters. The van der Waals surface area contributed by atoms with Gasteiger partial charge in [-0.15, -0.1) is 0 Å². The van der Waals surface area contributed by atoms with Crippen LogP contribution in [0.1, 0.15) is 30.9 Å². The van der Waals surface area contributed by atoms with Gasteiger partial charge in [0.15, 0.2) is 0 Å². The second-order valence-electron chi connectivity index (χ2n) is 9.30.